The summed E-state index contributed by atoms with van der Waals surface area (Å²) >= 11 is 1.29. The number of carbonyl (C=O) groups is 4. The van der Waals surface area contributed by atoms with Crippen LogP contribution in [-0.4, -0.2) is 103 Å². The van der Waals surface area contributed by atoms with Gasteiger partial charge >= 0.3 is 12.1 Å². The molecule has 0 radical (unpaired) electrons. The number of likely N-dealkylation sites (tertiary alicyclic amines) is 1. The largest absolute Gasteiger partial charge is 0.486 e. The molecule has 4 heterocycles. The molecule has 6 rings (SSSR count). The summed E-state index contributed by atoms with van der Waals surface area (Å²) in [6.07, 6.45) is 3.00. The van der Waals surface area contributed by atoms with Crippen LogP contribution in [0.15, 0.2) is 96.7 Å². The maximum Gasteiger partial charge on any atom is 0.410 e. The predicted octanol–water partition coefficient (Wildman–Crippen LogP) is 5.08. The smallest absolute Gasteiger partial charge is 0.410 e. The molecule has 62 heavy (non-hydrogen) atoms. The number of benzene rings is 2. The Kier molecular flexibility index (Phi) is 14.2. The number of nitrogens with one attached hydrogen (secondary N) is 1. The third kappa shape index (κ3) is 9.87. The molecule has 0 aliphatic carbocycles. The van der Waals surface area contributed by atoms with E-state index < -0.39 is 69.0 Å². The second-order valence-corrected chi connectivity index (χ2v) is 16.0. The van der Waals surface area contributed by atoms with Crippen LogP contribution in [0.25, 0.3) is 0 Å². The van der Waals surface area contributed by atoms with Crippen LogP contribution in [0.3, 0.4) is 0 Å². The van der Waals surface area contributed by atoms with Crippen LogP contribution in [0.2, 0.25) is 0 Å². The summed E-state index contributed by atoms with van der Waals surface area (Å²) in [5.41, 5.74) is 0.750. The molecule has 3 aromatic rings. The molecule has 2 fully saturated rings. The first-order valence-electron chi connectivity index (χ1n) is 19.5. The molecule has 3 aliphatic rings. The summed E-state index contributed by atoms with van der Waals surface area (Å²) in [7, 11) is 0. The number of rotatable bonds is 19. The van der Waals surface area contributed by atoms with Crippen LogP contribution >= 0.6 is 11.8 Å². The normalized spacial score (nSPS) is 20.7. The minimum absolute atomic E-state index is 0.00917. The van der Waals surface area contributed by atoms with Gasteiger partial charge in [0, 0.05) is 59.5 Å². The number of pyridine rings is 1. The Labute approximate surface area is 359 Å². The fourth-order valence-electron chi connectivity index (χ4n) is 7.47. The second kappa shape index (κ2) is 19.7. The van der Waals surface area contributed by atoms with Crippen molar-refractivity contribution in [3.05, 3.63) is 134 Å². The van der Waals surface area contributed by atoms with Gasteiger partial charge in [-0.1, -0.05) is 32.2 Å². The van der Waals surface area contributed by atoms with Crippen molar-refractivity contribution in [1.29, 1.82) is 0 Å². The molecule has 19 nitrogen and oxygen atoms in total. The van der Waals surface area contributed by atoms with Crippen LogP contribution in [0, 0.1) is 32.1 Å². The number of hydrogen-bond acceptors (Lipinski definition) is 15. The van der Waals surface area contributed by atoms with Crippen LogP contribution in [-0.2, 0) is 32.3 Å². The van der Waals surface area contributed by atoms with E-state index in [0.717, 1.165) is 0 Å². The van der Waals surface area contributed by atoms with Crippen molar-refractivity contribution < 1.29 is 53.1 Å². The van der Waals surface area contributed by atoms with Gasteiger partial charge in [0.15, 0.2) is 11.5 Å². The van der Waals surface area contributed by atoms with Gasteiger partial charge in [-0.25, -0.2) is 14.6 Å². The van der Waals surface area contributed by atoms with Crippen molar-refractivity contribution in [3.63, 3.8) is 0 Å². The zero-order valence-corrected chi connectivity index (χ0v) is 34.6. The first kappa shape index (κ1) is 44.7. The maximum absolute atomic E-state index is 13.9. The van der Waals surface area contributed by atoms with E-state index in [1.807, 2.05) is 6.92 Å². The Hall–Kier alpha value is -6.80. The van der Waals surface area contributed by atoms with Gasteiger partial charge < -0.3 is 39.2 Å². The predicted molar refractivity (Wildman–Crippen MR) is 223 cm³/mol. The van der Waals surface area contributed by atoms with Crippen molar-refractivity contribution >= 4 is 47.0 Å². The number of amides is 3. The monoisotopic (exact) mass is 872 g/mol. The summed E-state index contributed by atoms with van der Waals surface area (Å²) in [5.74, 6) is -2.45. The number of fused-ring (bicyclic) bond motifs is 1. The van der Waals surface area contributed by atoms with E-state index in [0.29, 0.717) is 22.5 Å². The zero-order chi connectivity index (χ0) is 44.7. The quantitative estimate of drug-likeness (QED) is 0.0524. The number of hydrogen-bond donors (Lipinski definition) is 2. The van der Waals surface area contributed by atoms with E-state index in [1.165, 1.54) is 95.4 Å². The minimum atomic E-state index is -0.997. The Balaban J connectivity index is 1.23. The second-order valence-electron chi connectivity index (χ2n) is 14.7. The number of thioether (sulfide) groups is 1. The highest BCUT2D eigenvalue weighted by Crippen LogP contribution is 2.52. The van der Waals surface area contributed by atoms with E-state index in [1.54, 1.807) is 6.08 Å². The number of nitro benzene ring substituents is 2. The lowest BCUT2D eigenvalue weighted by Gasteiger charge is -2.46. The Morgan fingerprint density at radius 2 is 1.55 bits per heavy atom. The Morgan fingerprint density at radius 3 is 2.11 bits per heavy atom. The molecule has 0 saturated carbocycles. The van der Waals surface area contributed by atoms with Crippen LogP contribution in [0.5, 0.6) is 11.5 Å². The first-order chi connectivity index (χ1) is 29.7. The average molecular weight is 873 g/mol. The van der Waals surface area contributed by atoms with Gasteiger partial charge in [0.05, 0.1) is 40.1 Å². The van der Waals surface area contributed by atoms with Crippen molar-refractivity contribution in [3.8, 4) is 11.5 Å². The van der Waals surface area contributed by atoms with Gasteiger partial charge in [0.2, 0.25) is 5.91 Å². The number of nitrogens with zero attached hydrogens (tertiary/aromatic N) is 5. The SMILES string of the molecule is C=CCOc1cnc(C(=O)NC[C@@H]2C[C@H](SC3=C(C(=O)OCc4ccc([N+](=O)[O-])cc4)N4C(=O)[C@H]([C@@H](C)O)[C@H]4[C@H]3C)CN2C(=O)OCc2ccc([N+](=O)[O-])cc2)cc1OCC=C. The molecule has 2 aromatic carbocycles. The summed E-state index contributed by atoms with van der Waals surface area (Å²) in [6.45, 7) is 10.6. The van der Waals surface area contributed by atoms with Gasteiger partial charge in [-0.15, -0.1) is 11.8 Å². The molecular formula is C42H44N6O13S. The number of aromatic nitrogens is 1. The third-order valence-corrected chi connectivity index (χ3v) is 12.0. The van der Waals surface area contributed by atoms with E-state index in [2.05, 4.69) is 23.5 Å². The van der Waals surface area contributed by atoms with Crippen molar-refractivity contribution in [2.75, 3.05) is 26.3 Å². The Bertz CT molecular complexity index is 2270. The third-order valence-electron chi connectivity index (χ3n) is 10.5. The number of nitro groups is 2. The molecule has 0 spiro atoms. The molecular weight excluding hydrogens is 829 g/mol. The lowest BCUT2D eigenvalue weighted by Crippen LogP contribution is -2.63. The maximum atomic E-state index is 13.9. The molecule has 326 valence electrons. The molecule has 0 bridgehead atoms. The number of esters is 1. The molecule has 6 atom stereocenters. The summed E-state index contributed by atoms with van der Waals surface area (Å²) in [4.78, 5) is 83.3. The molecule has 3 aliphatic heterocycles. The number of aliphatic hydroxyl groups excluding tert-OH is 1. The van der Waals surface area contributed by atoms with Crippen molar-refractivity contribution in [2.45, 2.75) is 56.9 Å². The van der Waals surface area contributed by atoms with E-state index >= 15 is 0 Å². The van der Waals surface area contributed by atoms with Gasteiger partial charge in [-0.3, -0.25) is 29.8 Å². The molecule has 3 amide bonds. The fourth-order valence-corrected chi connectivity index (χ4v) is 9.03. The minimum Gasteiger partial charge on any atom is -0.486 e. The van der Waals surface area contributed by atoms with Gasteiger partial charge in [0.1, 0.15) is 37.8 Å². The topological polar surface area (TPSA) is 243 Å². The number of β-lactam (4-membered cyclic amide) rings is 1. The number of non-ortho nitro benzene ring substituents is 2. The highest BCUT2D eigenvalue weighted by Gasteiger charge is 2.60. The Morgan fingerprint density at radius 1 is 0.968 bits per heavy atom. The van der Waals surface area contributed by atoms with E-state index in [4.69, 9.17) is 18.9 Å². The summed E-state index contributed by atoms with van der Waals surface area (Å²) in [6, 6.07) is 11.3. The van der Waals surface area contributed by atoms with E-state index in [-0.39, 0.29) is 73.8 Å². The highest BCUT2D eigenvalue weighted by atomic mass is 32.2. The number of aliphatic hydroxyl groups is 1. The van der Waals surface area contributed by atoms with Gasteiger partial charge in [-0.05, 0) is 48.7 Å². The van der Waals surface area contributed by atoms with Crippen LogP contribution in [0.4, 0.5) is 16.2 Å². The summed E-state index contributed by atoms with van der Waals surface area (Å²) < 4.78 is 22.6. The van der Waals surface area contributed by atoms with E-state index in [9.17, 15) is 44.5 Å². The fraction of sp³-hybridized carbons (Fsp3) is 0.357. The van der Waals surface area contributed by atoms with Gasteiger partial charge in [-0.2, -0.15) is 0 Å². The molecule has 1 aromatic heterocycles. The van der Waals surface area contributed by atoms with Crippen LogP contribution < -0.4 is 14.8 Å². The lowest BCUT2D eigenvalue weighted by atomic mass is 9.79. The molecule has 2 saturated heterocycles. The standard InChI is InChI=1S/C42H44N6O13S/c1-5-15-58-33-18-32(43-20-34(33)59-16-6-2)39(50)44-19-30-17-31(21-45(30)42(53)61-23-27-9-13-29(14-10-27)48(56)57)62-38-24(3)36-35(25(4)49)40(51)46(36)37(38)41(52)60-22-26-7-11-28(12-8-26)47(54)55/h5-14,18,20,24-25,30-31,35-36,49H,1-2,15-17,19,21-23H2,3-4H3,(H,44,50)/t24-,25-,30+,31+,35-,36-/m1/s1. The number of ether oxygens (including phenoxy) is 4. The van der Waals surface area contributed by atoms with Crippen molar-refractivity contribution in [2.24, 2.45) is 11.8 Å². The number of carbonyl (C=O) groups excluding carboxylic acids is 4. The molecule has 0 unspecified atom stereocenters. The molecule has 2 N–H and O–H groups in total. The highest BCUT2D eigenvalue weighted by molar-refractivity contribution is 8.03. The average Bonchev–Trinajstić information content (AvgIpc) is 3.77. The lowest BCUT2D eigenvalue weighted by molar-refractivity contribution is -0.385. The first-order valence-corrected chi connectivity index (χ1v) is 20.3. The van der Waals surface area contributed by atoms with Crippen LogP contribution in [0.1, 0.15) is 41.9 Å². The zero-order valence-electron chi connectivity index (χ0n) is 33.7. The summed E-state index contributed by atoms with van der Waals surface area (Å²) in [5, 5.41) is 35.2. The molecule has 20 heteroatoms. The van der Waals surface area contributed by atoms with Gasteiger partial charge in [0.25, 0.3) is 17.3 Å². The van der Waals surface area contributed by atoms with Crippen molar-refractivity contribution in [1.82, 2.24) is 20.1 Å².